The molecule has 0 saturated carbocycles. The minimum atomic E-state index is 0. The third-order valence-electron chi connectivity index (χ3n) is 3.49. The molecule has 4 rings (SSSR count). The van der Waals surface area contributed by atoms with E-state index in [1.54, 1.807) is 0 Å². The van der Waals surface area contributed by atoms with Gasteiger partial charge in [0.25, 0.3) is 0 Å². The van der Waals surface area contributed by atoms with Crippen molar-refractivity contribution in [3.63, 3.8) is 0 Å². The van der Waals surface area contributed by atoms with Crippen molar-refractivity contribution < 1.29 is 9.59 Å². The number of nitrogens with zero attached hydrogens (tertiary/aromatic N) is 3. The van der Waals surface area contributed by atoms with Gasteiger partial charge in [0.15, 0.2) is 0 Å². The molecule has 0 amide bonds. The van der Waals surface area contributed by atoms with Gasteiger partial charge in [0.2, 0.25) is 11.6 Å². The van der Waals surface area contributed by atoms with Crippen LogP contribution in [-0.2, 0) is 9.59 Å². The molecule has 0 aromatic carbocycles. The van der Waals surface area contributed by atoms with Gasteiger partial charge in [-0.3, -0.25) is 9.59 Å². The molecule has 7 heteroatoms. The number of carbonyl (C=O) groups is 2. The summed E-state index contributed by atoms with van der Waals surface area (Å²) in [5, 5.41) is 0. The Kier molecular flexibility index (Phi) is 3.63. The molecule has 0 aromatic rings. The van der Waals surface area contributed by atoms with Crippen molar-refractivity contribution in [1.29, 1.82) is 0 Å². The smallest absolute Gasteiger partial charge is 0.227 e. The largest absolute Gasteiger partial charge is 0.365 e. The summed E-state index contributed by atoms with van der Waals surface area (Å²) in [6.45, 7) is 5.41. The number of ketones is 2. The molecule has 4 aliphatic rings. The molecular formula is C12H17ClN3O2P. The zero-order valence-corrected chi connectivity index (χ0v) is 12.8. The highest BCUT2D eigenvalue weighted by Crippen LogP contribution is 2.33. The molecule has 104 valence electrons. The Bertz CT molecular complexity index is 505. The van der Waals surface area contributed by atoms with Crippen LogP contribution in [0.5, 0.6) is 0 Å². The van der Waals surface area contributed by atoms with Crippen molar-refractivity contribution in [2.24, 2.45) is 0 Å². The predicted molar refractivity (Wildman–Crippen MR) is 78.2 cm³/mol. The first-order chi connectivity index (χ1) is 8.25. The van der Waals surface area contributed by atoms with Crippen molar-refractivity contribution in [3.8, 4) is 0 Å². The normalized spacial score (nSPS) is 23.8. The zero-order valence-electron chi connectivity index (χ0n) is 10.6. The average Bonchev–Trinajstić information content (AvgIpc) is 3.13. The van der Waals surface area contributed by atoms with E-state index in [1.165, 1.54) is 6.08 Å². The fraction of sp³-hybridized carbons (Fsp3) is 0.500. The number of rotatable bonds is 3. The summed E-state index contributed by atoms with van der Waals surface area (Å²) in [6, 6.07) is 0. The molecule has 1 unspecified atom stereocenters. The van der Waals surface area contributed by atoms with Crippen molar-refractivity contribution in [2.45, 2.75) is 0 Å². The van der Waals surface area contributed by atoms with E-state index in [1.807, 2.05) is 14.7 Å². The van der Waals surface area contributed by atoms with Crippen LogP contribution >= 0.6 is 22.3 Å². The fourth-order valence-corrected chi connectivity index (χ4v) is 2.28. The van der Waals surface area contributed by atoms with E-state index >= 15 is 0 Å². The fourth-order valence-electron chi connectivity index (χ4n) is 2.28. The van der Waals surface area contributed by atoms with Crippen molar-refractivity contribution in [1.82, 2.24) is 14.7 Å². The molecule has 0 aromatic heterocycles. The predicted octanol–water partition coefficient (Wildman–Crippen LogP) is -0.340. The molecule has 5 nitrogen and oxygen atoms in total. The first-order valence-electron chi connectivity index (χ1n) is 6.05. The van der Waals surface area contributed by atoms with Gasteiger partial charge in [-0.05, 0) is 0 Å². The van der Waals surface area contributed by atoms with Crippen LogP contribution in [0.25, 0.3) is 0 Å². The Labute approximate surface area is 121 Å². The molecule has 1 aliphatic carbocycles. The lowest BCUT2D eigenvalue weighted by Crippen LogP contribution is -2.29. The summed E-state index contributed by atoms with van der Waals surface area (Å²) in [5.74, 6) is 0.0485. The number of halogens is 1. The second kappa shape index (κ2) is 4.80. The summed E-state index contributed by atoms with van der Waals surface area (Å²) in [4.78, 5) is 30.5. The average molecular weight is 302 g/mol. The molecule has 3 heterocycles. The van der Waals surface area contributed by atoms with Crippen LogP contribution in [0.4, 0.5) is 0 Å². The molecule has 3 fully saturated rings. The lowest BCUT2D eigenvalue weighted by Gasteiger charge is -2.21. The van der Waals surface area contributed by atoms with E-state index in [9.17, 15) is 9.59 Å². The van der Waals surface area contributed by atoms with Crippen molar-refractivity contribution >= 4 is 33.9 Å². The number of allylic oxidation sites excluding steroid dienone is 1. The van der Waals surface area contributed by atoms with Crippen LogP contribution in [0.1, 0.15) is 0 Å². The lowest BCUT2D eigenvalue weighted by molar-refractivity contribution is -0.117. The summed E-state index contributed by atoms with van der Waals surface area (Å²) >= 11 is 0. The SMILES string of the molecule is Cl.O=C1C=C(N2CC2)C(=O)C(N2CC2)=C1N1CC1.P. The van der Waals surface area contributed by atoms with Crippen LogP contribution in [0.3, 0.4) is 0 Å². The molecular weight excluding hydrogens is 285 g/mol. The first-order valence-corrected chi connectivity index (χ1v) is 6.05. The summed E-state index contributed by atoms with van der Waals surface area (Å²) in [7, 11) is 0. The minimum Gasteiger partial charge on any atom is -0.365 e. The zero-order chi connectivity index (χ0) is 11.6. The van der Waals surface area contributed by atoms with E-state index in [0.29, 0.717) is 17.1 Å². The second-order valence-corrected chi connectivity index (χ2v) is 4.88. The second-order valence-electron chi connectivity index (χ2n) is 4.88. The monoisotopic (exact) mass is 301 g/mol. The Balaban J connectivity index is 0.000000667. The van der Waals surface area contributed by atoms with E-state index in [0.717, 1.165) is 39.3 Å². The van der Waals surface area contributed by atoms with Gasteiger partial charge in [0.05, 0.1) is 5.70 Å². The molecule has 0 N–H and O–H groups in total. The molecule has 0 spiro atoms. The third-order valence-corrected chi connectivity index (χ3v) is 3.49. The maximum Gasteiger partial charge on any atom is 0.227 e. The van der Waals surface area contributed by atoms with Crippen molar-refractivity contribution in [2.75, 3.05) is 39.3 Å². The summed E-state index contributed by atoms with van der Waals surface area (Å²) < 4.78 is 0. The standard InChI is InChI=1S/C12H13N3O2.ClH.H3P/c16-9-7-8(13-1-2-13)12(17)11(15-5-6-15)10(9)14-3-4-14;;/h7H,1-6H2;1H;1H3. The van der Waals surface area contributed by atoms with E-state index < -0.39 is 0 Å². The van der Waals surface area contributed by atoms with Crippen molar-refractivity contribution in [3.05, 3.63) is 23.2 Å². The number of carbonyl (C=O) groups excluding carboxylic acids is 2. The van der Waals surface area contributed by atoms with Crippen LogP contribution in [0.2, 0.25) is 0 Å². The number of hydrogen-bond acceptors (Lipinski definition) is 5. The Morgan fingerprint density at radius 3 is 1.74 bits per heavy atom. The van der Waals surface area contributed by atoms with Gasteiger partial charge in [-0.1, -0.05) is 0 Å². The molecule has 19 heavy (non-hydrogen) atoms. The van der Waals surface area contributed by atoms with Crippen LogP contribution in [0, 0.1) is 0 Å². The van der Waals surface area contributed by atoms with Crippen LogP contribution in [0.15, 0.2) is 23.2 Å². The number of hydrogen-bond donors (Lipinski definition) is 0. The van der Waals surface area contributed by atoms with E-state index in [-0.39, 0.29) is 33.9 Å². The highest BCUT2D eigenvalue weighted by molar-refractivity contribution is 6.92. The molecule has 0 bridgehead atoms. The van der Waals surface area contributed by atoms with E-state index in [4.69, 9.17) is 0 Å². The molecule has 0 radical (unpaired) electrons. The van der Waals surface area contributed by atoms with Gasteiger partial charge >= 0.3 is 0 Å². The highest BCUT2D eigenvalue weighted by atomic mass is 35.5. The highest BCUT2D eigenvalue weighted by Gasteiger charge is 2.43. The van der Waals surface area contributed by atoms with Gasteiger partial charge in [0, 0.05) is 45.3 Å². The number of Topliss-reactive ketones (excluding diaryl/α,β-unsaturated/α-hetero) is 1. The quantitative estimate of drug-likeness (QED) is 0.405. The lowest BCUT2D eigenvalue weighted by atomic mass is 10.0. The molecule has 3 aliphatic heterocycles. The third kappa shape index (κ3) is 2.37. The molecule has 3 saturated heterocycles. The van der Waals surface area contributed by atoms with E-state index in [2.05, 4.69) is 0 Å². The Morgan fingerprint density at radius 1 is 0.789 bits per heavy atom. The summed E-state index contributed by atoms with van der Waals surface area (Å²) in [5.41, 5.74) is 1.89. The first kappa shape index (κ1) is 14.4. The Morgan fingerprint density at radius 2 is 1.26 bits per heavy atom. The van der Waals surface area contributed by atoms with Gasteiger partial charge in [-0.2, -0.15) is 9.90 Å². The van der Waals surface area contributed by atoms with Gasteiger partial charge < -0.3 is 14.7 Å². The van der Waals surface area contributed by atoms with Crippen LogP contribution in [-0.4, -0.2) is 65.5 Å². The van der Waals surface area contributed by atoms with Gasteiger partial charge in [-0.25, -0.2) is 0 Å². The maximum atomic E-state index is 12.4. The summed E-state index contributed by atoms with van der Waals surface area (Å²) in [6.07, 6.45) is 1.52. The maximum absolute atomic E-state index is 12.4. The van der Waals surface area contributed by atoms with Gasteiger partial charge in [0.1, 0.15) is 11.4 Å². The topological polar surface area (TPSA) is 43.2 Å². The van der Waals surface area contributed by atoms with Crippen LogP contribution < -0.4 is 0 Å². The van der Waals surface area contributed by atoms with Gasteiger partial charge in [-0.15, -0.1) is 12.4 Å². The minimum absolute atomic E-state index is 0. The molecule has 1 atom stereocenters. The Hall–Kier alpha value is -1.06.